The van der Waals surface area contributed by atoms with E-state index in [9.17, 15) is 0 Å². The molecule has 1 aliphatic rings. The maximum Gasteiger partial charge on any atom is 0.158 e. The first-order valence-electron chi connectivity index (χ1n) is 9.13. The van der Waals surface area contributed by atoms with Crippen molar-refractivity contribution in [3.63, 3.8) is 0 Å². The number of nitrogens with zero attached hydrogens (tertiary/aromatic N) is 3. The summed E-state index contributed by atoms with van der Waals surface area (Å²) < 4.78 is 1.95. The maximum atomic E-state index is 4.86. The number of aryl methyl sites for hydroxylation is 1. The molecule has 4 rings (SSSR count). The number of rotatable bonds is 3. The van der Waals surface area contributed by atoms with Gasteiger partial charge < -0.3 is 5.32 Å². The summed E-state index contributed by atoms with van der Waals surface area (Å²) in [5.41, 5.74) is 3.04. The van der Waals surface area contributed by atoms with Crippen LogP contribution >= 0.6 is 0 Å². The molecule has 1 saturated carbocycles. The number of aromatic nitrogens is 3. The van der Waals surface area contributed by atoms with Crippen molar-refractivity contribution in [3.05, 3.63) is 36.0 Å². The van der Waals surface area contributed by atoms with Crippen LogP contribution in [0.2, 0.25) is 0 Å². The second-order valence-corrected chi connectivity index (χ2v) is 7.53. The summed E-state index contributed by atoms with van der Waals surface area (Å²) >= 11 is 0. The summed E-state index contributed by atoms with van der Waals surface area (Å²) in [6.07, 6.45) is 5.12. The predicted octanol–water partition coefficient (Wildman–Crippen LogP) is 4.82. The second kappa shape index (κ2) is 6.08. The van der Waals surface area contributed by atoms with E-state index in [0.29, 0.717) is 6.04 Å². The SMILES string of the molecule is Cc1cc2nc(NC3CCC(C(C)C)CC3)c3ccccc3n2n1. The van der Waals surface area contributed by atoms with Crippen LogP contribution in [-0.4, -0.2) is 20.6 Å². The minimum atomic E-state index is 0.530. The number of benzene rings is 1. The van der Waals surface area contributed by atoms with Crippen molar-refractivity contribution < 1.29 is 0 Å². The minimum absolute atomic E-state index is 0.530. The Balaban J connectivity index is 1.66. The number of para-hydroxylation sites is 1. The van der Waals surface area contributed by atoms with Gasteiger partial charge in [-0.2, -0.15) is 5.10 Å². The van der Waals surface area contributed by atoms with Gasteiger partial charge in [-0.15, -0.1) is 0 Å². The van der Waals surface area contributed by atoms with Gasteiger partial charge in [0.2, 0.25) is 0 Å². The fourth-order valence-electron chi connectivity index (χ4n) is 4.01. The molecule has 4 nitrogen and oxygen atoms in total. The second-order valence-electron chi connectivity index (χ2n) is 7.53. The average Bonchev–Trinajstić information content (AvgIpc) is 2.96. The Morgan fingerprint density at radius 3 is 2.62 bits per heavy atom. The highest BCUT2D eigenvalue weighted by Gasteiger charge is 2.24. The van der Waals surface area contributed by atoms with Crippen LogP contribution in [0.1, 0.15) is 45.2 Å². The lowest BCUT2D eigenvalue weighted by atomic mass is 9.80. The minimum Gasteiger partial charge on any atom is -0.367 e. The molecule has 126 valence electrons. The third-order valence-electron chi connectivity index (χ3n) is 5.48. The lowest BCUT2D eigenvalue weighted by Gasteiger charge is -2.31. The molecule has 0 unspecified atom stereocenters. The number of hydrogen-bond acceptors (Lipinski definition) is 3. The van der Waals surface area contributed by atoms with Crippen molar-refractivity contribution in [2.75, 3.05) is 5.32 Å². The summed E-state index contributed by atoms with van der Waals surface area (Å²) in [4.78, 5) is 4.86. The van der Waals surface area contributed by atoms with Gasteiger partial charge in [0.05, 0.1) is 11.2 Å². The zero-order valence-electron chi connectivity index (χ0n) is 14.8. The summed E-state index contributed by atoms with van der Waals surface area (Å²) in [5, 5.41) is 9.47. The fraction of sp³-hybridized carbons (Fsp3) is 0.500. The van der Waals surface area contributed by atoms with E-state index in [2.05, 4.69) is 48.5 Å². The molecular weight excluding hydrogens is 296 g/mol. The molecule has 0 atom stereocenters. The molecular formula is C20H26N4. The predicted molar refractivity (Wildman–Crippen MR) is 99.4 cm³/mol. The smallest absolute Gasteiger partial charge is 0.158 e. The highest BCUT2D eigenvalue weighted by molar-refractivity contribution is 5.91. The average molecular weight is 322 g/mol. The van der Waals surface area contributed by atoms with E-state index in [-0.39, 0.29) is 0 Å². The first kappa shape index (κ1) is 15.4. The zero-order chi connectivity index (χ0) is 16.7. The van der Waals surface area contributed by atoms with Crippen LogP contribution in [0.25, 0.3) is 16.6 Å². The Labute approximate surface area is 143 Å². The quantitative estimate of drug-likeness (QED) is 0.752. The fourth-order valence-corrected chi connectivity index (χ4v) is 4.01. The van der Waals surface area contributed by atoms with Gasteiger partial charge in [-0.3, -0.25) is 0 Å². The van der Waals surface area contributed by atoms with Gasteiger partial charge in [-0.1, -0.05) is 26.0 Å². The van der Waals surface area contributed by atoms with E-state index < -0.39 is 0 Å². The van der Waals surface area contributed by atoms with Crippen molar-refractivity contribution in [3.8, 4) is 0 Å². The van der Waals surface area contributed by atoms with Gasteiger partial charge in [0, 0.05) is 17.5 Å². The van der Waals surface area contributed by atoms with Gasteiger partial charge >= 0.3 is 0 Å². The van der Waals surface area contributed by atoms with E-state index in [1.54, 1.807) is 0 Å². The standard InChI is InChI=1S/C20H26N4/c1-13(2)15-8-10-16(11-9-15)21-20-17-6-4-5-7-18(17)24-19(22-20)12-14(3)23-24/h4-7,12-13,15-16H,8-11H2,1-3H3,(H,21,22). The Kier molecular flexibility index (Phi) is 3.91. The molecule has 0 aliphatic heterocycles. The molecule has 0 amide bonds. The molecule has 4 heteroatoms. The van der Waals surface area contributed by atoms with Crippen molar-refractivity contribution in [1.82, 2.24) is 14.6 Å². The van der Waals surface area contributed by atoms with Crippen molar-refractivity contribution in [2.45, 2.75) is 52.5 Å². The van der Waals surface area contributed by atoms with Crippen molar-refractivity contribution in [1.29, 1.82) is 0 Å². The molecule has 0 radical (unpaired) electrons. The summed E-state index contributed by atoms with van der Waals surface area (Å²) in [6, 6.07) is 11.0. The molecule has 1 aliphatic carbocycles. The lowest BCUT2D eigenvalue weighted by Crippen LogP contribution is -2.28. The summed E-state index contributed by atoms with van der Waals surface area (Å²) in [6.45, 7) is 6.72. The summed E-state index contributed by atoms with van der Waals surface area (Å²) in [7, 11) is 0. The van der Waals surface area contributed by atoms with E-state index in [0.717, 1.165) is 39.9 Å². The van der Waals surface area contributed by atoms with Crippen LogP contribution < -0.4 is 5.32 Å². The Bertz CT molecular complexity index is 857. The van der Waals surface area contributed by atoms with Crippen LogP contribution in [-0.2, 0) is 0 Å². The molecule has 2 aromatic heterocycles. The van der Waals surface area contributed by atoms with Gasteiger partial charge in [0.25, 0.3) is 0 Å². The largest absolute Gasteiger partial charge is 0.367 e. The molecule has 24 heavy (non-hydrogen) atoms. The topological polar surface area (TPSA) is 42.2 Å². The molecule has 0 spiro atoms. The lowest BCUT2D eigenvalue weighted by molar-refractivity contribution is 0.267. The van der Waals surface area contributed by atoms with E-state index >= 15 is 0 Å². The Hall–Kier alpha value is -2.10. The molecule has 3 aromatic rings. The Morgan fingerprint density at radius 2 is 1.88 bits per heavy atom. The summed E-state index contributed by atoms with van der Waals surface area (Å²) in [5.74, 6) is 2.69. The van der Waals surface area contributed by atoms with Crippen LogP contribution in [0.4, 0.5) is 5.82 Å². The first-order chi connectivity index (χ1) is 11.6. The van der Waals surface area contributed by atoms with Crippen molar-refractivity contribution >= 4 is 22.4 Å². The van der Waals surface area contributed by atoms with Gasteiger partial charge in [-0.25, -0.2) is 9.50 Å². The van der Waals surface area contributed by atoms with E-state index in [1.807, 2.05) is 17.5 Å². The number of hydrogen-bond donors (Lipinski definition) is 1. The van der Waals surface area contributed by atoms with E-state index in [4.69, 9.17) is 4.98 Å². The molecule has 1 N–H and O–H groups in total. The molecule has 0 bridgehead atoms. The Morgan fingerprint density at radius 1 is 1.12 bits per heavy atom. The monoisotopic (exact) mass is 322 g/mol. The zero-order valence-corrected chi connectivity index (χ0v) is 14.8. The first-order valence-corrected chi connectivity index (χ1v) is 9.13. The third-order valence-corrected chi connectivity index (χ3v) is 5.48. The highest BCUT2D eigenvalue weighted by atomic mass is 15.3. The van der Waals surface area contributed by atoms with Gasteiger partial charge in [-0.05, 0) is 56.6 Å². The molecule has 0 saturated heterocycles. The number of anilines is 1. The van der Waals surface area contributed by atoms with Gasteiger partial charge in [0.1, 0.15) is 5.82 Å². The van der Waals surface area contributed by atoms with Gasteiger partial charge in [0.15, 0.2) is 5.65 Å². The third kappa shape index (κ3) is 2.74. The van der Waals surface area contributed by atoms with E-state index in [1.165, 1.54) is 25.7 Å². The van der Waals surface area contributed by atoms with Crippen LogP contribution in [0.5, 0.6) is 0 Å². The van der Waals surface area contributed by atoms with Crippen LogP contribution in [0, 0.1) is 18.8 Å². The number of nitrogens with one attached hydrogen (secondary N) is 1. The maximum absolute atomic E-state index is 4.86. The molecule has 1 aromatic carbocycles. The normalized spacial score (nSPS) is 21.7. The molecule has 2 heterocycles. The number of fused-ring (bicyclic) bond motifs is 3. The van der Waals surface area contributed by atoms with Crippen LogP contribution in [0.3, 0.4) is 0 Å². The van der Waals surface area contributed by atoms with Crippen LogP contribution in [0.15, 0.2) is 30.3 Å². The highest BCUT2D eigenvalue weighted by Crippen LogP contribution is 2.32. The molecule has 1 fully saturated rings. The van der Waals surface area contributed by atoms with Crippen molar-refractivity contribution in [2.24, 2.45) is 11.8 Å².